The maximum atomic E-state index is 14.8. The summed E-state index contributed by atoms with van der Waals surface area (Å²) in [6, 6.07) is 10.9. The molecule has 0 saturated heterocycles. The highest BCUT2D eigenvalue weighted by Gasteiger charge is 2.35. The van der Waals surface area contributed by atoms with Crippen molar-refractivity contribution in [3.63, 3.8) is 0 Å². The number of fused-ring (bicyclic) bond motifs is 1. The summed E-state index contributed by atoms with van der Waals surface area (Å²) in [5, 5.41) is 12.1. The van der Waals surface area contributed by atoms with E-state index in [9.17, 15) is 12.8 Å². The Morgan fingerprint density at radius 3 is 2.59 bits per heavy atom. The Hall–Kier alpha value is -2.59. The summed E-state index contributed by atoms with van der Waals surface area (Å²) in [6.45, 7) is 0. The maximum absolute atomic E-state index is 14.8. The highest BCUT2D eigenvalue weighted by molar-refractivity contribution is 7.93. The zero-order valence-electron chi connectivity index (χ0n) is 14.0. The van der Waals surface area contributed by atoms with Crippen LogP contribution < -0.4 is 9.62 Å². The molecule has 0 amide bonds. The highest BCUT2D eigenvalue weighted by Crippen LogP contribution is 2.39. The second kappa shape index (κ2) is 5.96. The molecule has 2 aromatic carbocycles. The van der Waals surface area contributed by atoms with Crippen molar-refractivity contribution in [2.45, 2.75) is 0 Å². The molecule has 1 unspecified atom stereocenters. The van der Waals surface area contributed by atoms with Crippen molar-refractivity contribution >= 4 is 44.7 Å². The van der Waals surface area contributed by atoms with Crippen LogP contribution in [0.2, 0.25) is 5.02 Å². The molecule has 7 nitrogen and oxygen atoms in total. The molecular formula is C17H14ClFN5O2S+. The molecule has 0 bridgehead atoms. The molecule has 0 aliphatic carbocycles. The van der Waals surface area contributed by atoms with E-state index in [0.717, 1.165) is 5.56 Å². The number of sulfonamides is 1. The zero-order chi connectivity index (χ0) is 19.4. The first-order valence-corrected chi connectivity index (χ1v) is 9.72. The third-order valence-electron chi connectivity index (χ3n) is 4.37. The molecule has 4 rings (SSSR count). The fourth-order valence-corrected chi connectivity index (χ4v) is 3.83. The number of benzene rings is 2. The van der Waals surface area contributed by atoms with Gasteiger partial charge in [0, 0.05) is 5.56 Å². The van der Waals surface area contributed by atoms with Crippen molar-refractivity contribution < 1.29 is 12.8 Å². The van der Waals surface area contributed by atoms with Crippen molar-refractivity contribution in [1.82, 2.24) is 14.7 Å². The molecular weight excluding hydrogens is 393 g/mol. The lowest BCUT2D eigenvalue weighted by Crippen LogP contribution is -2.36. The van der Waals surface area contributed by atoms with Crippen LogP contribution >= 0.6 is 11.6 Å². The number of aromatic amines is 1. The summed E-state index contributed by atoms with van der Waals surface area (Å²) in [5.41, 5.74) is 1.30. The van der Waals surface area contributed by atoms with Gasteiger partial charge in [0.05, 0.1) is 17.5 Å². The minimum absolute atomic E-state index is 0.0368. The molecule has 138 valence electrons. The van der Waals surface area contributed by atoms with Gasteiger partial charge in [0.2, 0.25) is 17.2 Å². The van der Waals surface area contributed by atoms with Crippen molar-refractivity contribution in [2.75, 3.05) is 7.05 Å². The number of halogens is 2. The van der Waals surface area contributed by atoms with E-state index < -0.39 is 15.8 Å². The van der Waals surface area contributed by atoms with Crippen LogP contribution in [0, 0.1) is 5.82 Å². The summed E-state index contributed by atoms with van der Waals surface area (Å²) in [4.78, 5) is 3.87. The molecule has 1 aliphatic rings. The lowest BCUT2D eigenvalue weighted by molar-refractivity contribution is 0.602. The van der Waals surface area contributed by atoms with Crippen LogP contribution in [0.5, 0.6) is 0 Å². The molecule has 2 heterocycles. The molecule has 0 fully saturated rings. The summed E-state index contributed by atoms with van der Waals surface area (Å²) < 4.78 is 37.8. The van der Waals surface area contributed by atoms with Crippen LogP contribution in [-0.4, -0.2) is 32.0 Å². The predicted molar refractivity (Wildman–Crippen MR) is 104 cm³/mol. The van der Waals surface area contributed by atoms with Crippen molar-refractivity contribution in [1.29, 1.82) is 0 Å². The number of quaternary nitrogens is 1. The number of hydrogen-bond acceptors (Lipinski definition) is 4. The summed E-state index contributed by atoms with van der Waals surface area (Å²) in [6.07, 6.45) is 2.72. The van der Waals surface area contributed by atoms with Gasteiger partial charge in [-0.25, -0.2) is 27.5 Å². The van der Waals surface area contributed by atoms with Gasteiger partial charge >= 0.3 is 0 Å². The summed E-state index contributed by atoms with van der Waals surface area (Å²) in [7, 11) is -2.30. The van der Waals surface area contributed by atoms with Crippen molar-refractivity contribution in [3.8, 4) is 11.1 Å². The van der Waals surface area contributed by atoms with Gasteiger partial charge in [-0.15, -0.1) is 0 Å². The fraction of sp³-hybridized carbons (Fsp3) is 0.0588. The van der Waals surface area contributed by atoms with Crippen LogP contribution in [0.4, 0.5) is 10.2 Å². The Kier molecular flexibility index (Phi) is 3.93. The number of nitrogens with two attached hydrogens (primary N) is 1. The zero-order valence-corrected chi connectivity index (χ0v) is 15.6. The second-order valence-electron chi connectivity index (χ2n) is 6.29. The molecule has 1 aliphatic heterocycles. The van der Waals surface area contributed by atoms with Crippen LogP contribution in [0.25, 0.3) is 22.0 Å². The second-order valence-corrected chi connectivity index (χ2v) is 8.18. The number of hydrogen-bond donors (Lipinski definition) is 2. The molecule has 0 radical (unpaired) electrons. The third kappa shape index (κ3) is 2.85. The van der Waals surface area contributed by atoms with Crippen LogP contribution in [0.1, 0.15) is 0 Å². The van der Waals surface area contributed by atoms with Crippen LogP contribution in [0.3, 0.4) is 0 Å². The minimum atomic E-state index is -3.97. The fourth-order valence-electron chi connectivity index (χ4n) is 3.01. The minimum Gasteiger partial charge on any atom is -0.230 e. The van der Waals surface area contributed by atoms with Crippen LogP contribution in [-0.2, 0) is 10.0 Å². The Labute approximate surface area is 159 Å². The molecule has 10 heteroatoms. The van der Waals surface area contributed by atoms with E-state index >= 15 is 0 Å². The molecule has 1 atom stereocenters. The number of nitrogens with zero attached hydrogens (tertiary/aromatic N) is 3. The molecule has 3 N–H and O–H groups in total. The standard InChI is InChI=1S/C17H14ClFN5O2S/c1-24(8-13(21-9-24)27(20,25)26)17-12-7-11(10-5-3-2-4-6-10)14(18)15(19)16(12)22-23-17/h2-9H,1H3,(H,22,23)(H2,20,25,26)/q+1. The first kappa shape index (κ1) is 17.8. The molecule has 3 aromatic rings. The van der Waals surface area contributed by atoms with E-state index in [1.165, 1.54) is 12.5 Å². The third-order valence-corrected chi connectivity index (χ3v) is 5.53. The Morgan fingerprint density at radius 1 is 1.26 bits per heavy atom. The normalized spacial score (nSPS) is 19.6. The first-order chi connectivity index (χ1) is 12.7. The lowest BCUT2D eigenvalue weighted by atomic mass is 10.0. The van der Waals surface area contributed by atoms with Gasteiger partial charge in [0.1, 0.15) is 11.7 Å². The smallest absolute Gasteiger partial charge is 0.230 e. The van der Waals surface area contributed by atoms with Gasteiger partial charge in [-0.1, -0.05) is 41.9 Å². The molecule has 0 spiro atoms. The van der Waals surface area contributed by atoms with E-state index in [-0.39, 0.29) is 20.1 Å². The van der Waals surface area contributed by atoms with Gasteiger partial charge in [-0.3, -0.25) is 0 Å². The number of rotatable bonds is 3. The van der Waals surface area contributed by atoms with E-state index in [1.807, 2.05) is 30.3 Å². The SMILES string of the molecule is C[N+]1(c2[nH]nc3c(F)c(Cl)c(-c4ccccc4)cc23)C=NC(S(N)(=O)=O)=C1. The quantitative estimate of drug-likeness (QED) is 0.653. The Morgan fingerprint density at radius 2 is 1.96 bits per heavy atom. The first-order valence-electron chi connectivity index (χ1n) is 7.79. The average molecular weight is 407 g/mol. The van der Waals surface area contributed by atoms with Gasteiger partial charge in [0.15, 0.2) is 5.82 Å². The molecule has 27 heavy (non-hydrogen) atoms. The van der Waals surface area contributed by atoms with E-state index in [0.29, 0.717) is 16.8 Å². The topological polar surface area (TPSA) is 101 Å². The summed E-state index contributed by atoms with van der Waals surface area (Å²) in [5.74, 6) is -0.228. The number of aliphatic imine (C=N–C) groups is 1. The van der Waals surface area contributed by atoms with E-state index in [1.54, 1.807) is 13.1 Å². The monoisotopic (exact) mass is 406 g/mol. The highest BCUT2D eigenvalue weighted by atomic mass is 35.5. The summed E-state index contributed by atoms with van der Waals surface area (Å²) >= 11 is 6.23. The number of nitrogens with one attached hydrogen (secondary N) is 1. The van der Waals surface area contributed by atoms with Crippen molar-refractivity contribution in [2.24, 2.45) is 10.1 Å². The van der Waals surface area contributed by atoms with E-state index in [4.69, 9.17) is 16.7 Å². The van der Waals surface area contributed by atoms with Crippen molar-refractivity contribution in [3.05, 3.63) is 58.5 Å². The predicted octanol–water partition coefficient (Wildman–Crippen LogP) is 3.09. The van der Waals surface area contributed by atoms with E-state index in [2.05, 4.69) is 15.2 Å². The Bertz CT molecular complexity index is 1240. The number of primary sulfonamides is 1. The van der Waals surface area contributed by atoms with Gasteiger partial charge in [0.25, 0.3) is 10.0 Å². The lowest BCUT2D eigenvalue weighted by Gasteiger charge is -2.19. The number of aromatic nitrogens is 2. The number of H-pyrrole nitrogens is 1. The molecule has 1 aromatic heterocycles. The van der Waals surface area contributed by atoms with Gasteiger partial charge < -0.3 is 0 Å². The Balaban J connectivity index is 1.96. The van der Waals surface area contributed by atoms with Crippen LogP contribution in [0.15, 0.2) is 52.6 Å². The van der Waals surface area contributed by atoms with Gasteiger partial charge in [-0.05, 0) is 11.6 Å². The van der Waals surface area contributed by atoms with Gasteiger partial charge in [-0.2, -0.15) is 10.1 Å². The average Bonchev–Trinajstić information content (AvgIpc) is 3.23. The largest absolute Gasteiger partial charge is 0.261 e. The molecule has 0 saturated carbocycles. The maximum Gasteiger partial charge on any atom is 0.261 e.